The van der Waals surface area contributed by atoms with Gasteiger partial charge in [0.2, 0.25) is 0 Å². The molecule has 0 aromatic rings. The Morgan fingerprint density at radius 1 is 0.345 bits per heavy atom. The predicted octanol–water partition coefficient (Wildman–Crippen LogP) is -2.88. The molecule has 4 aliphatic rings. The quantitative estimate of drug-likeness (QED) is 0.199. The van der Waals surface area contributed by atoms with Crippen molar-refractivity contribution in [1.82, 2.24) is 0 Å². The second-order valence-corrected chi connectivity index (χ2v) is 7.70. The molecule has 4 aliphatic heterocycles. The van der Waals surface area contributed by atoms with E-state index in [1.54, 1.807) is 0 Å². The zero-order chi connectivity index (χ0) is 21.3. The summed E-state index contributed by atoms with van der Waals surface area (Å²) in [7, 11) is -17.0. The molecule has 0 aliphatic carbocycles. The van der Waals surface area contributed by atoms with Crippen LogP contribution in [-0.4, -0.2) is 0 Å². The van der Waals surface area contributed by atoms with Crippen molar-refractivity contribution >= 4 is 31.3 Å². The van der Waals surface area contributed by atoms with Crippen molar-refractivity contribution in [3.05, 3.63) is 0 Å². The maximum Gasteiger partial charge on any atom is 4.00 e. The van der Waals surface area contributed by atoms with Crippen LogP contribution < -0.4 is 19.6 Å². The van der Waals surface area contributed by atoms with Crippen molar-refractivity contribution in [2.24, 2.45) is 0 Å². The minimum atomic E-state index is -4.24. The monoisotopic (exact) mass is 598 g/mol. The molecule has 29 heteroatoms. The minimum absolute atomic E-state index is 0. The summed E-state index contributed by atoms with van der Waals surface area (Å²) in [6.07, 6.45) is 0. The molecule has 4 fully saturated rings. The van der Waals surface area contributed by atoms with Crippen LogP contribution in [0, 0.1) is 0 Å². The molecule has 0 unspecified atom stereocenters. The first-order chi connectivity index (χ1) is 12.8. The molecule has 0 radical (unpaired) electrons. The van der Waals surface area contributed by atoms with Crippen LogP contribution in [-0.2, 0) is 122 Å². The number of rotatable bonds is 0. The average molecular weight is 599 g/mol. The Balaban J connectivity index is 0.000000356. The first-order valence-corrected chi connectivity index (χ1v) is 10.8. The Labute approximate surface area is 173 Å². The predicted molar refractivity (Wildman–Crippen MR) is 47.8 cm³/mol. The van der Waals surface area contributed by atoms with E-state index in [-0.39, 0.29) is 26.2 Å². The van der Waals surface area contributed by atoms with Gasteiger partial charge >= 0.3 is 57.5 Å². The summed E-state index contributed by atoms with van der Waals surface area (Å²) in [5, 5.41) is 26.9. The van der Waals surface area contributed by atoms with Crippen molar-refractivity contribution in [1.29, 1.82) is 0 Å². The first kappa shape index (κ1) is 30.0. The summed E-state index contributed by atoms with van der Waals surface area (Å²) < 4.78 is 66.2. The Kier molecular flexibility index (Phi) is 14.0. The van der Waals surface area contributed by atoms with Crippen LogP contribution >= 0.6 is 31.3 Å². The standard InChI is InChI=1S/4HO6P.Zr/c4*1-7(2)5-3-4-6-7;/h4*(H,1,2);/q;;;;+4/p-4. The zero-order valence-electron chi connectivity index (χ0n) is 12.1. The van der Waals surface area contributed by atoms with E-state index in [9.17, 15) is 37.8 Å². The molecule has 4 saturated heterocycles. The maximum atomic E-state index is 9.76. The van der Waals surface area contributed by atoms with Crippen LogP contribution in [0.1, 0.15) is 0 Å². The zero-order valence-corrected chi connectivity index (χ0v) is 18.1. The molecule has 4 rings (SSSR count). The van der Waals surface area contributed by atoms with E-state index in [4.69, 9.17) is 0 Å². The fourth-order valence-corrected chi connectivity index (χ4v) is 1.34. The summed E-state index contributed by atoms with van der Waals surface area (Å²) in [5.41, 5.74) is 0. The second kappa shape index (κ2) is 13.5. The SMILES string of the molecule is O=P1([O-])OOOO1.O=P1([O-])OOOO1.O=P1([O-])OOOO1.O=P1([O-])OOOO1.[Zr+4]. The summed E-state index contributed by atoms with van der Waals surface area (Å²) in [4.78, 5) is 39.1. The van der Waals surface area contributed by atoms with Crippen molar-refractivity contribution in [3.63, 3.8) is 0 Å². The topological polar surface area (TPSA) is 308 Å². The molecule has 0 bridgehead atoms. The molecular formula is O24P4Zr. The number of hydrogen-bond donors (Lipinski definition) is 0. The molecule has 24 nitrogen and oxygen atoms in total. The van der Waals surface area contributed by atoms with Crippen LogP contribution in [0.2, 0.25) is 0 Å². The Morgan fingerprint density at radius 2 is 0.448 bits per heavy atom. The third kappa shape index (κ3) is 15.4. The van der Waals surface area contributed by atoms with E-state index in [0.29, 0.717) is 0 Å². The van der Waals surface area contributed by atoms with E-state index >= 15 is 0 Å². The fraction of sp³-hybridized carbons (Fsp3) is 0. The van der Waals surface area contributed by atoms with Crippen LogP contribution in [0.4, 0.5) is 0 Å². The summed E-state index contributed by atoms with van der Waals surface area (Å²) >= 11 is 0. The van der Waals surface area contributed by atoms with E-state index < -0.39 is 31.3 Å². The van der Waals surface area contributed by atoms with Gasteiger partial charge in [0, 0.05) is 0 Å². The summed E-state index contributed by atoms with van der Waals surface area (Å²) in [6.45, 7) is 0. The van der Waals surface area contributed by atoms with Gasteiger partial charge < -0.3 is 19.6 Å². The van der Waals surface area contributed by atoms with Gasteiger partial charge in [-0.1, -0.05) is 0 Å². The van der Waals surface area contributed by atoms with E-state index in [1.807, 2.05) is 0 Å². The molecule has 0 aromatic heterocycles. The van der Waals surface area contributed by atoms with Crippen molar-refractivity contribution in [2.75, 3.05) is 0 Å². The third-order valence-electron chi connectivity index (χ3n) is 1.08. The molecule has 0 saturated carbocycles. The molecule has 0 N–H and O–H groups in total. The Hall–Kier alpha value is 1.00. The first-order valence-electron chi connectivity index (χ1n) is 4.92. The van der Waals surface area contributed by atoms with Gasteiger partial charge in [0.1, 0.15) is 0 Å². The third-order valence-corrected chi connectivity index (χ3v) is 3.03. The van der Waals surface area contributed by atoms with Crippen LogP contribution in [0.5, 0.6) is 0 Å². The molecule has 0 amide bonds. The second-order valence-electron chi connectivity index (χ2n) is 2.93. The maximum absolute atomic E-state index is 9.76. The van der Waals surface area contributed by atoms with Gasteiger partial charge in [-0.25, -0.2) is 0 Å². The van der Waals surface area contributed by atoms with Gasteiger partial charge in [0.15, 0.2) is 0 Å². The number of phosphoric acid groups is 4. The number of hydrogen-bond acceptors (Lipinski definition) is 24. The largest absolute Gasteiger partial charge is 4.00 e. The molecule has 168 valence electrons. The molecule has 0 atom stereocenters. The van der Waals surface area contributed by atoms with Gasteiger partial charge in [-0.15, -0.1) is 37.4 Å². The van der Waals surface area contributed by atoms with Crippen LogP contribution in [0.15, 0.2) is 0 Å². The van der Waals surface area contributed by atoms with Gasteiger partial charge in [-0.3, -0.25) is 18.3 Å². The van der Waals surface area contributed by atoms with Gasteiger partial charge in [0.05, 0.1) is 0 Å². The van der Waals surface area contributed by atoms with E-state index in [1.165, 1.54) is 0 Å². The van der Waals surface area contributed by atoms with Crippen molar-refractivity contribution in [3.8, 4) is 0 Å². The Morgan fingerprint density at radius 3 is 0.483 bits per heavy atom. The normalized spacial score (nSPS) is 27.2. The molecule has 0 spiro atoms. The summed E-state index contributed by atoms with van der Waals surface area (Å²) in [6, 6.07) is 0. The van der Waals surface area contributed by atoms with Gasteiger partial charge in [0.25, 0.3) is 0 Å². The molecule has 4 heterocycles. The molecule has 0 aromatic carbocycles. The Bertz CT molecular complexity index is 497. The summed E-state index contributed by atoms with van der Waals surface area (Å²) in [5.74, 6) is 0. The van der Waals surface area contributed by atoms with Crippen molar-refractivity contribution in [2.45, 2.75) is 0 Å². The van der Waals surface area contributed by atoms with E-state index in [2.05, 4.69) is 77.7 Å². The fourth-order valence-electron chi connectivity index (χ4n) is 0.447. The minimum Gasteiger partial charge on any atom is -0.753 e. The molecule has 29 heavy (non-hydrogen) atoms. The van der Waals surface area contributed by atoms with E-state index in [0.717, 1.165) is 0 Å². The van der Waals surface area contributed by atoms with Gasteiger partial charge in [-0.2, -0.15) is 0 Å². The average Bonchev–Trinajstić information content (AvgIpc) is 3.33. The van der Waals surface area contributed by atoms with Crippen molar-refractivity contribution < 1.29 is 142 Å². The van der Waals surface area contributed by atoms with Crippen LogP contribution in [0.25, 0.3) is 0 Å². The van der Waals surface area contributed by atoms with Gasteiger partial charge in [-0.05, 0) is 40.3 Å². The molecular weight excluding hydrogens is 599 g/mol. The smallest absolute Gasteiger partial charge is 0.753 e. The van der Waals surface area contributed by atoms with Crippen LogP contribution in [0.3, 0.4) is 0 Å².